The van der Waals surface area contributed by atoms with E-state index in [9.17, 15) is 0 Å². The van der Waals surface area contributed by atoms with Crippen molar-refractivity contribution in [3.63, 3.8) is 0 Å². The number of benzene rings is 1. The Morgan fingerprint density at radius 1 is 1.47 bits per heavy atom. The molecule has 1 nitrogen and oxygen atoms in total. The third-order valence-electron chi connectivity index (χ3n) is 2.81. The van der Waals surface area contributed by atoms with Gasteiger partial charge in [0.2, 0.25) is 0 Å². The Labute approximate surface area is 96.4 Å². The molecule has 82 valence electrons. The number of hydrogen-bond donors (Lipinski definition) is 0. The molecule has 0 N–H and O–H groups in total. The standard InChI is InChI=1S/C13H17ClO/c1-4-11(14)9-5-6-12-10(7-9)8-13(2,3)15-12/h5-7,11H,4,8H2,1-3H3. The van der Waals surface area contributed by atoms with Gasteiger partial charge >= 0.3 is 0 Å². The number of fused-ring (bicyclic) bond motifs is 1. The van der Waals surface area contributed by atoms with Gasteiger partial charge in [-0.25, -0.2) is 0 Å². The van der Waals surface area contributed by atoms with Gasteiger partial charge < -0.3 is 4.74 Å². The van der Waals surface area contributed by atoms with Crippen LogP contribution >= 0.6 is 11.6 Å². The quantitative estimate of drug-likeness (QED) is 0.688. The lowest BCUT2D eigenvalue weighted by molar-refractivity contribution is 0.138. The number of hydrogen-bond acceptors (Lipinski definition) is 1. The Morgan fingerprint density at radius 3 is 2.87 bits per heavy atom. The van der Waals surface area contributed by atoms with Crippen LogP contribution in [0.1, 0.15) is 43.7 Å². The summed E-state index contributed by atoms with van der Waals surface area (Å²) in [6, 6.07) is 6.30. The topological polar surface area (TPSA) is 9.23 Å². The third kappa shape index (κ3) is 2.12. The predicted molar refractivity (Wildman–Crippen MR) is 63.7 cm³/mol. The van der Waals surface area contributed by atoms with Gasteiger partial charge in [-0.05, 0) is 37.5 Å². The molecule has 2 rings (SSSR count). The highest BCUT2D eigenvalue weighted by molar-refractivity contribution is 6.20. The van der Waals surface area contributed by atoms with Gasteiger partial charge in [0.05, 0.1) is 5.38 Å². The highest BCUT2D eigenvalue weighted by Crippen LogP contribution is 2.37. The highest BCUT2D eigenvalue weighted by atomic mass is 35.5. The van der Waals surface area contributed by atoms with E-state index in [-0.39, 0.29) is 11.0 Å². The summed E-state index contributed by atoms with van der Waals surface area (Å²) < 4.78 is 5.82. The SMILES string of the molecule is CCC(Cl)c1ccc2c(c1)CC(C)(C)O2. The Morgan fingerprint density at radius 2 is 2.20 bits per heavy atom. The summed E-state index contributed by atoms with van der Waals surface area (Å²) in [6.07, 6.45) is 1.94. The summed E-state index contributed by atoms with van der Waals surface area (Å²) in [6.45, 7) is 6.33. The largest absolute Gasteiger partial charge is 0.487 e. The van der Waals surface area contributed by atoms with Gasteiger partial charge in [-0.3, -0.25) is 0 Å². The molecule has 1 unspecified atom stereocenters. The van der Waals surface area contributed by atoms with Crippen LogP contribution in [0.3, 0.4) is 0 Å². The molecule has 0 fully saturated rings. The first kappa shape index (κ1) is 10.8. The maximum absolute atomic E-state index is 6.22. The molecule has 1 aromatic rings. The van der Waals surface area contributed by atoms with E-state index in [1.54, 1.807) is 0 Å². The first-order valence-electron chi connectivity index (χ1n) is 5.48. The zero-order valence-electron chi connectivity index (χ0n) is 9.51. The van der Waals surface area contributed by atoms with Crippen molar-refractivity contribution in [1.29, 1.82) is 0 Å². The molecule has 1 aliphatic heterocycles. The minimum Gasteiger partial charge on any atom is -0.487 e. The zero-order chi connectivity index (χ0) is 11.1. The maximum atomic E-state index is 6.22. The Bertz CT molecular complexity index is 371. The van der Waals surface area contributed by atoms with Crippen molar-refractivity contribution in [1.82, 2.24) is 0 Å². The lowest BCUT2D eigenvalue weighted by Gasteiger charge is -2.16. The smallest absolute Gasteiger partial charge is 0.123 e. The number of alkyl halides is 1. The van der Waals surface area contributed by atoms with E-state index in [4.69, 9.17) is 16.3 Å². The maximum Gasteiger partial charge on any atom is 0.123 e. The van der Waals surface area contributed by atoms with Gasteiger partial charge in [0, 0.05) is 6.42 Å². The average molecular weight is 225 g/mol. The van der Waals surface area contributed by atoms with Crippen LogP contribution in [0.25, 0.3) is 0 Å². The summed E-state index contributed by atoms with van der Waals surface area (Å²) in [5.74, 6) is 1.02. The first-order valence-corrected chi connectivity index (χ1v) is 5.91. The molecule has 0 saturated carbocycles. The molecule has 1 aromatic carbocycles. The molecule has 0 radical (unpaired) electrons. The van der Waals surface area contributed by atoms with Crippen LogP contribution in [-0.2, 0) is 6.42 Å². The van der Waals surface area contributed by atoms with E-state index in [1.165, 1.54) is 11.1 Å². The van der Waals surface area contributed by atoms with E-state index in [1.807, 2.05) is 6.07 Å². The molecule has 1 aliphatic rings. The van der Waals surface area contributed by atoms with E-state index in [0.717, 1.165) is 18.6 Å². The molecule has 0 aromatic heterocycles. The van der Waals surface area contributed by atoms with Crippen LogP contribution in [0.2, 0.25) is 0 Å². The van der Waals surface area contributed by atoms with Crippen LogP contribution in [0, 0.1) is 0 Å². The lowest BCUT2D eigenvalue weighted by atomic mass is 9.99. The molecular weight excluding hydrogens is 208 g/mol. The predicted octanol–water partition coefficient (Wildman–Crippen LogP) is 4.09. The Kier molecular flexibility index (Phi) is 2.68. The van der Waals surface area contributed by atoms with Crippen LogP contribution in [0.4, 0.5) is 0 Å². The second kappa shape index (κ2) is 3.71. The molecule has 1 heterocycles. The van der Waals surface area contributed by atoms with Crippen molar-refractivity contribution < 1.29 is 4.74 Å². The van der Waals surface area contributed by atoms with Gasteiger partial charge in [0.15, 0.2) is 0 Å². The van der Waals surface area contributed by atoms with E-state index in [2.05, 4.69) is 32.9 Å². The second-order valence-corrected chi connectivity index (χ2v) is 5.31. The Hall–Kier alpha value is -0.690. The molecule has 0 amide bonds. The molecular formula is C13H17ClO. The van der Waals surface area contributed by atoms with Crippen LogP contribution < -0.4 is 4.74 Å². The Balaban J connectivity index is 2.30. The number of ether oxygens (including phenoxy) is 1. The minimum absolute atomic E-state index is 0.0605. The van der Waals surface area contributed by atoms with Crippen LogP contribution in [0.5, 0.6) is 5.75 Å². The highest BCUT2D eigenvalue weighted by Gasteiger charge is 2.30. The monoisotopic (exact) mass is 224 g/mol. The van der Waals surface area contributed by atoms with Gasteiger partial charge in [-0.1, -0.05) is 19.1 Å². The molecule has 0 saturated heterocycles. The summed E-state index contributed by atoms with van der Waals surface area (Å²) in [5.41, 5.74) is 2.44. The third-order valence-corrected chi connectivity index (χ3v) is 3.37. The molecule has 15 heavy (non-hydrogen) atoms. The first-order chi connectivity index (χ1) is 7.02. The van der Waals surface area contributed by atoms with Gasteiger partial charge in [-0.2, -0.15) is 0 Å². The van der Waals surface area contributed by atoms with Crippen molar-refractivity contribution in [3.8, 4) is 5.75 Å². The fourth-order valence-electron chi connectivity index (χ4n) is 2.06. The van der Waals surface area contributed by atoms with Crippen molar-refractivity contribution in [2.75, 3.05) is 0 Å². The fourth-order valence-corrected chi connectivity index (χ4v) is 2.20. The van der Waals surface area contributed by atoms with Crippen LogP contribution in [0.15, 0.2) is 18.2 Å². The molecule has 0 aliphatic carbocycles. The van der Waals surface area contributed by atoms with Crippen molar-refractivity contribution in [2.45, 2.75) is 44.6 Å². The second-order valence-electron chi connectivity index (χ2n) is 4.78. The average Bonchev–Trinajstić information content (AvgIpc) is 2.49. The van der Waals surface area contributed by atoms with Crippen molar-refractivity contribution in [2.24, 2.45) is 0 Å². The molecule has 0 spiro atoms. The van der Waals surface area contributed by atoms with E-state index >= 15 is 0 Å². The summed E-state index contributed by atoms with van der Waals surface area (Å²) in [4.78, 5) is 0. The van der Waals surface area contributed by atoms with Gasteiger partial charge in [0.1, 0.15) is 11.4 Å². The number of halogens is 1. The minimum atomic E-state index is -0.0605. The van der Waals surface area contributed by atoms with E-state index < -0.39 is 0 Å². The van der Waals surface area contributed by atoms with E-state index in [0.29, 0.717) is 0 Å². The summed E-state index contributed by atoms with van der Waals surface area (Å²) in [5, 5.41) is 0.124. The van der Waals surface area contributed by atoms with Crippen molar-refractivity contribution >= 4 is 11.6 Å². The molecule has 0 bridgehead atoms. The zero-order valence-corrected chi connectivity index (χ0v) is 10.3. The summed E-state index contributed by atoms with van der Waals surface area (Å²) >= 11 is 6.22. The molecule has 1 atom stereocenters. The number of rotatable bonds is 2. The lowest BCUT2D eigenvalue weighted by Crippen LogP contribution is -2.24. The fraction of sp³-hybridized carbons (Fsp3) is 0.538. The molecule has 2 heteroatoms. The normalized spacial score (nSPS) is 19.5. The van der Waals surface area contributed by atoms with Crippen molar-refractivity contribution in [3.05, 3.63) is 29.3 Å². The van der Waals surface area contributed by atoms with Gasteiger partial charge in [0.25, 0.3) is 0 Å². The van der Waals surface area contributed by atoms with Gasteiger partial charge in [-0.15, -0.1) is 11.6 Å². The summed E-state index contributed by atoms with van der Waals surface area (Å²) in [7, 11) is 0. The van der Waals surface area contributed by atoms with Crippen LogP contribution in [-0.4, -0.2) is 5.60 Å².